The fourth-order valence-corrected chi connectivity index (χ4v) is 7.05. The average molecular weight is 742 g/mol. The summed E-state index contributed by atoms with van der Waals surface area (Å²) in [5.74, 6) is 0.309. The molecule has 0 spiro atoms. The van der Waals surface area contributed by atoms with Crippen molar-refractivity contribution in [2.75, 3.05) is 19.8 Å². The van der Waals surface area contributed by atoms with E-state index in [0.29, 0.717) is 23.2 Å². The van der Waals surface area contributed by atoms with Crippen LogP contribution in [0.1, 0.15) is 77.4 Å². The first-order valence-corrected chi connectivity index (χ1v) is 21.3. The van der Waals surface area contributed by atoms with Crippen molar-refractivity contribution < 1.29 is 45.2 Å². The molecule has 4 rings (SSSR count). The van der Waals surface area contributed by atoms with Gasteiger partial charge >= 0.3 is 18.4 Å². The van der Waals surface area contributed by atoms with Crippen LogP contribution < -0.4 is 10.0 Å². The average Bonchev–Trinajstić information content (AvgIpc) is 3.61. The normalized spacial score (nSPS) is 20.2. The van der Waals surface area contributed by atoms with Crippen molar-refractivity contribution in [3.8, 4) is 0 Å². The Labute approximate surface area is 288 Å². The molecule has 17 heteroatoms. The minimum absolute atomic E-state index is 0.0123. The van der Waals surface area contributed by atoms with Crippen molar-refractivity contribution in [2.45, 2.75) is 127 Å². The third kappa shape index (κ3) is 10.5. The molecule has 1 saturated carbocycles. The van der Waals surface area contributed by atoms with Crippen molar-refractivity contribution in [1.29, 1.82) is 0 Å². The number of carbonyl (C=O) groups is 1. The van der Waals surface area contributed by atoms with Crippen LogP contribution in [0.5, 0.6) is 0 Å². The van der Waals surface area contributed by atoms with Crippen LogP contribution in [0.15, 0.2) is 18.2 Å². The Morgan fingerprint density at radius 3 is 2.31 bits per heavy atom. The number of alkyl halides is 6. The van der Waals surface area contributed by atoms with Gasteiger partial charge in [-0.05, 0) is 77.1 Å². The summed E-state index contributed by atoms with van der Waals surface area (Å²) in [4.78, 5) is 19.2. The highest BCUT2D eigenvalue weighted by Crippen LogP contribution is 2.46. The highest BCUT2D eigenvalue weighted by molar-refractivity contribution is 7.90. The Bertz CT molecular complexity index is 1450. The van der Waals surface area contributed by atoms with Gasteiger partial charge in [0.05, 0.1) is 36.1 Å². The molecule has 1 aromatic carbocycles. The first kappa shape index (κ1) is 39.7. The second-order valence-electron chi connectivity index (χ2n) is 15.8. The summed E-state index contributed by atoms with van der Waals surface area (Å²) in [5, 5.41) is 2.47. The van der Waals surface area contributed by atoms with E-state index in [-0.39, 0.29) is 25.0 Å². The first-order valence-electron chi connectivity index (χ1n) is 16.5. The first-order chi connectivity index (χ1) is 22.4. The van der Waals surface area contributed by atoms with E-state index in [9.17, 15) is 35.7 Å². The SMILES string of the molecule is CC(C)(C)[S@@+]([O-])N[C@@H](COC(C)(C)C(F)(F)F)c1nc2cc([C@@H](C3CC3)N3C[C@@H](CC(F)(F)F)NC3=O)ccc2n1COCC[Si](C)(C)C. The zero-order valence-corrected chi connectivity index (χ0v) is 31.2. The maximum atomic E-state index is 13.8. The van der Waals surface area contributed by atoms with Crippen LogP contribution in [0, 0.1) is 5.92 Å². The van der Waals surface area contributed by atoms with E-state index in [1.54, 1.807) is 43.5 Å². The van der Waals surface area contributed by atoms with Gasteiger partial charge < -0.3 is 28.8 Å². The van der Waals surface area contributed by atoms with Gasteiger partial charge in [0.25, 0.3) is 0 Å². The van der Waals surface area contributed by atoms with Gasteiger partial charge in [0, 0.05) is 32.6 Å². The van der Waals surface area contributed by atoms with Gasteiger partial charge in [-0.3, -0.25) is 0 Å². The fraction of sp³-hybridized carbons (Fsp3) is 0.750. The van der Waals surface area contributed by atoms with E-state index in [4.69, 9.17) is 14.5 Å². The van der Waals surface area contributed by atoms with Gasteiger partial charge in [0.2, 0.25) is 0 Å². The second-order valence-corrected chi connectivity index (χ2v) is 23.4. The highest BCUT2D eigenvalue weighted by Gasteiger charge is 2.49. The zero-order chi connectivity index (χ0) is 36.7. The molecule has 2 aromatic rings. The van der Waals surface area contributed by atoms with Crippen LogP contribution in [0.4, 0.5) is 31.1 Å². The summed E-state index contributed by atoms with van der Waals surface area (Å²) in [5.41, 5.74) is -0.788. The Balaban J connectivity index is 1.75. The summed E-state index contributed by atoms with van der Waals surface area (Å²) in [6.45, 7) is 13.5. The molecule has 9 nitrogen and oxygen atoms in total. The molecule has 2 aliphatic rings. The van der Waals surface area contributed by atoms with E-state index in [0.717, 1.165) is 32.7 Å². The number of rotatable bonds is 15. The van der Waals surface area contributed by atoms with Crippen molar-refractivity contribution in [2.24, 2.45) is 5.92 Å². The van der Waals surface area contributed by atoms with Crippen molar-refractivity contribution in [3.63, 3.8) is 0 Å². The standard InChI is InChI=1S/C32H49F6N5O4SSi/c1-29(2,3)48(45)41-24(18-47-30(4,5)32(36,37)38)27-40-23-15-21(11-12-25(23)43(27)19-46-13-14-49(6,7)8)26(20-9-10-20)42-17-22(39-28(42)44)16-31(33,34)35/h11-12,15,20,22,24,26,41H,9-10,13-14,16-19H2,1-8H3,(H,39,44)/t22-,24+,26-,48-/m1/s1. The molecule has 49 heavy (non-hydrogen) atoms. The molecule has 2 fully saturated rings. The lowest BCUT2D eigenvalue weighted by Crippen LogP contribution is -2.47. The second kappa shape index (κ2) is 14.5. The quantitative estimate of drug-likeness (QED) is 0.0844. The maximum Gasteiger partial charge on any atom is 0.416 e. The topological polar surface area (TPSA) is 104 Å². The van der Waals surface area contributed by atoms with Gasteiger partial charge in [0.1, 0.15) is 23.3 Å². The van der Waals surface area contributed by atoms with Crippen LogP contribution in [-0.4, -0.2) is 81.6 Å². The summed E-state index contributed by atoms with van der Waals surface area (Å²) in [7, 11) is -1.45. The van der Waals surface area contributed by atoms with Gasteiger partial charge in [-0.2, -0.15) is 26.3 Å². The number of nitrogens with one attached hydrogen (secondary N) is 2. The number of hydrogen-bond acceptors (Lipinski definition) is 6. The smallest absolute Gasteiger partial charge is 0.416 e. The predicted molar refractivity (Wildman–Crippen MR) is 179 cm³/mol. The van der Waals surface area contributed by atoms with Gasteiger partial charge in [-0.25, -0.2) is 9.78 Å². The number of fused-ring (bicyclic) bond motifs is 1. The number of amides is 2. The number of carbonyl (C=O) groups excluding carboxylic acids is 1. The molecule has 2 N–H and O–H groups in total. The molecule has 1 aromatic heterocycles. The third-order valence-corrected chi connectivity index (χ3v) is 12.0. The molecule has 2 heterocycles. The summed E-state index contributed by atoms with van der Waals surface area (Å²) < 4.78 is 110. The zero-order valence-electron chi connectivity index (χ0n) is 29.3. The molecular weight excluding hydrogens is 693 g/mol. The molecule has 1 saturated heterocycles. The number of hydrogen-bond donors (Lipinski definition) is 2. The van der Waals surface area contributed by atoms with E-state index >= 15 is 0 Å². The molecule has 0 bridgehead atoms. The van der Waals surface area contributed by atoms with E-state index in [1.807, 2.05) is 0 Å². The van der Waals surface area contributed by atoms with Crippen molar-refractivity contribution >= 4 is 36.5 Å². The maximum absolute atomic E-state index is 13.8. The number of halogens is 6. The highest BCUT2D eigenvalue weighted by atomic mass is 32.2. The van der Waals surface area contributed by atoms with E-state index in [1.165, 1.54) is 4.90 Å². The molecule has 1 aliphatic heterocycles. The number of imidazole rings is 1. The number of urea groups is 1. The van der Waals surface area contributed by atoms with Crippen LogP contribution >= 0.6 is 0 Å². The van der Waals surface area contributed by atoms with Crippen LogP contribution in [-0.2, 0) is 27.6 Å². The molecule has 4 atom stereocenters. The van der Waals surface area contributed by atoms with E-state index in [2.05, 4.69) is 29.7 Å². The number of ether oxygens (including phenoxy) is 2. The van der Waals surface area contributed by atoms with E-state index < -0.39 is 79.3 Å². The Morgan fingerprint density at radius 1 is 1.10 bits per heavy atom. The lowest BCUT2D eigenvalue weighted by atomic mass is 10.00. The molecule has 0 unspecified atom stereocenters. The fourth-order valence-electron chi connectivity index (χ4n) is 5.50. The Kier molecular flexibility index (Phi) is 11.8. The van der Waals surface area contributed by atoms with Crippen LogP contribution in [0.2, 0.25) is 25.7 Å². The molecule has 1 aliphatic carbocycles. The molecule has 278 valence electrons. The molecule has 0 radical (unpaired) electrons. The summed E-state index contributed by atoms with van der Waals surface area (Å²) in [6, 6.07) is 3.06. The number of benzene rings is 1. The monoisotopic (exact) mass is 741 g/mol. The minimum atomic E-state index is -4.67. The largest absolute Gasteiger partial charge is 0.598 e. The summed E-state index contributed by atoms with van der Waals surface area (Å²) in [6.07, 6.45) is -8.62. The number of aromatic nitrogens is 2. The lowest BCUT2D eigenvalue weighted by molar-refractivity contribution is -0.265. The third-order valence-electron chi connectivity index (χ3n) is 8.66. The Morgan fingerprint density at radius 2 is 1.76 bits per heavy atom. The van der Waals surface area contributed by atoms with Crippen molar-refractivity contribution in [3.05, 3.63) is 29.6 Å². The van der Waals surface area contributed by atoms with Crippen LogP contribution in [0.25, 0.3) is 11.0 Å². The van der Waals surface area contributed by atoms with Crippen LogP contribution in [0.3, 0.4) is 0 Å². The van der Waals surface area contributed by atoms with Crippen molar-refractivity contribution in [1.82, 2.24) is 24.5 Å². The number of nitrogens with zero attached hydrogens (tertiary/aromatic N) is 3. The Hall–Kier alpha value is -2.05. The summed E-state index contributed by atoms with van der Waals surface area (Å²) >= 11 is -1.72. The van der Waals surface area contributed by atoms with Gasteiger partial charge in [-0.15, -0.1) is 4.72 Å². The molecular formula is C32H49F6N5O4SSi. The van der Waals surface area contributed by atoms with Gasteiger partial charge in [0.15, 0.2) is 5.60 Å². The minimum Gasteiger partial charge on any atom is -0.598 e. The van der Waals surface area contributed by atoms with Gasteiger partial charge in [-0.1, -0.05) is 25.7 Å². The molecule has 2 amide bonds. The predicted octanol–water partition coefficient (Wildman–Crippen LogP) is 7.60. The lowest BCUT2D eigenvalue weighted by Gasteiger charge is -2.32.